The predicted molar refractivity (Wildman–Crippen MR) is 141 cm³/mol. The molecule has 2 aromatic rings. The molecule has 3 N–H and O–H groups in total. The Morgan fingerprint density at radius 1 is 1.03 bits per heavy atom. The second-order valence-corrected chi connectivity index (χ2v) is 7.41. The van der Waals surface area contributed by atoms with E-state index in [4.69, 9.17) is 19.9 Å². The predicted octanol–water partition coefficient (Wildman–Crippen LogP) is 4.67. The molecule has 0 saturated carbocycles. The number of guanidine groups is 1. The van der Waals surface area contributed by atoms with Crippen molar-refractivity contribution in [3.8, 4) is 17.2 Å². The summed E-state index contributed by atoms with van der Waals surface area (Å²) >= 11 is 0. The maximum atomic E-state index is 6.27. The molecule has 0 amide bonds. The lowest BCUT2D eigenvalue weighted by Crippen LogP contribution is -2.30. The lowest BCUT2D eigenvalue weighted by atomic mass is 10.1. The molecule has 1 unspecified atom stereocenters. The van der Waals surface area contributed by atoms with E-state index < -0.39 is 0 Å². The Labute approximate surface area is 208 Å². The first-order valence-corrected chi connectivity index (χ1v) is 11.0. The average molecular weight is 554 g/mol. The third-order valence-corrected chi connectivity index (χ3v) is 5.34. The molecule has 8 heteroatoms. The fourth-order valence-electron chi connectivity index (χ4n) is 3.82. The van der Waals surface area contributed by atoms with E-state index >= 15 is 0 Å². The monoisotopic (exact) mass is 554 g/mol. The van der Waals surface area contributed by atoms with Gasteiger partial charge in [0.25, 0.3) is 0 Å². The zero-order chi connectivity index (χ0) is 22.1. The zero-order valence-electron chi connectivity index (χ0n) is 19.2. The van der Waals surface area contributed by atoms with Gasteiger partial charge in [-0.25, -0.2) is 0 Å². The molecule has 0 aliphatic carbocycles. The second kappa shape index (κ2) is 13.4. The van der Waals surface area contributed by atoms with Crippen LogP contribution in [0.1, 0.15) is 38.3 Å². The first-order valence-electron chi connectivity index (χ1n) is 11.0. The minimum Gasteiger partial charge on any atom is -0.497 e. The Kier molecular flexibility index (Phi) is 10.9. The number of aliphatic imine (C=N–C) groups is 1. The van der Waals surface area contributed by atoms with Crippen LogP contribution in [0.2, 0.25) is 0 Å². The Bertz CT molecular complexity index is 855. The third kappa shape index (κ3) is 7.16. The molecular weight excluding hydrogens is 519 g/mol. The van der Waals surface area contributed by atoms with Gasteiger partial charge in [-0.15, -0.1) is 24.0 Å². The van der Waals surface area contributed by atoms with E-state index in [-0.39, 0.29) is 30.0 Å². The molecule has 2 aromatic carbocycles. The van der Waals surface area contributed by atoms with Gasteiger partial charge in [0.1, 0.15) is 17.2 Å². The minimum absolute atomic E-state index is 0. The van der Waals surface area contributed by atoms with E-state index in [9.17, 15) is 0 Å². The summed E-state index contributed by atoms with van der Waals surface area (Å²) in [5.41, 5.74) is 8.23. The molecule has 0 radical (unpaired) electrons. The average Bonchev–Trinajstić information content (AvgIpc) is 3.31. The van der Waals surface area contributed by atoms with Crippen LogP contribution in [0, 0.1) is 0 Å². The van der Waals surface area contributed by atoms with Crippen LogP contribution in [-0.2, 0) is 0 Å². The van der Waals surface area contributed by atoms with Crippen LogP contribution in [0.4, 0.5) is 5.69 Å². The Balaban J connectivity index is 0.00000363. The van der Waals surface area contributed by atoms with Crippen LogP contribution in [0.5, 0.6) is 17.2 Å². The van der Waals surface area contributed by atoms with Crippen LogP contribution >= 0.6 is 24.0 Å². The van der Waals surface area contributed by atoms with Gasteiger partial charge in [-0.1, -0.05) is 12.1 Å². The molecule has 7 nitrogen and oxygen atoms in total. The number of ether oxygens (including phenoxy) is 3. The van der Waals surface area contributed by atoms with Crippen LogP contribution in [0.25, 0.3) is 0 Å². The number of hydrogen-bond donors (Lipinski definition) is 2. The summed E-state index contributed by atoms with van der Waals surface area (Å²) in [5, 5.41) is 3.19. The minimum atomic E-state index is 0. The number of nitrogens with one attached hydrogen (secondary N) is 1. The normalized spacial score (nSPS) is 15.0. The van der Waals surface area contributed by atoms with Crippen molar-refractivity contribution in [1.82, 2.24) is 4.90 Å². The number of halogens is 1. The molecule has 0 aromatic heterocycles. The molecule has 1 saturated heterocycles. The van der Waals surface area contributed by atoms with Crippen molar-refractivity contribution in [3.63, 3.8) is 0 Å². The van der Waals surface area contributed by atoms with Crippen molar-refractivity contribution in [2.45, 2.75) is 32.7 Å². The number of nitrogens with two attached hydrogens (primary N) is 1. The van der Waals surface area contributed by atoms with Gasteiger partial charge in [-0.05, 0) is 69.6 Å². The maximum absolute atomic E-state index is 6.27. The standard InChI is InChI=1S/C24H34N4O3.HI/c1-4-30-20-12-13-23(31-5-2)21(16-20)27-24(25)26-17-22(28-14-6-7-15-28)18-8-10-19(29-3)11-9-18;/h8-13,16,22H,4-7,14-15,17H2,1-3H3,(H3,25,26,27);1H. The van der Waals surface area contributed by atoms with Crippen molar-refractivity contribution >= 4 is 35.6 Å². The molecule has 0 bridgehead atoms. The van der Waals surface area contributed by atoms with Gasteiger partial charge in [0, 0.05) is 6.07 Å². The lowest BCUT2D eigenvalue weighted by Gasteiger charge is -2.27. The molecule has 1 aliphatic heterocycles. The van der Waals surface area contributed by atoms with E-state index in [0.717, 1.165) is 36.0 Å². The van der Waals surface area contributed by atoms with E-state index in [1.807, 2.05) is 44.2 Å². The highest BCUT2D eigenvalue weighted by atomic mass is 127. The summed E-state index contributed by atoms with van der Waals surface area (Å²) in [4.78, 5) is 7.15. The summed E-state index contributed by atoms with van der Waals surface area (Å²) in [5.74, 6) is 2.68. The molecular formula is C24H35IN4O3. The Hall–Kier alpha value is -2.20. The summed E-state index contributed by atoms with van der Waals surface area (Å²) in [6.07, 6.45) is 2.43. The highest BCUT2D eigenvalue weighted by Gasteiger charge is 2.23. The summed E-state index contributed by atoms with van der Waals surface area (Å²) in [7, 11) is 1.68. The molecule has 1 fully saturated rings. The van der Waals surface area contributed by atoms with Gasteiger partial charge in [0.15, 0.2) is 5.96 Å². The zero-order valence-corrected chi connectivity index (χ0v) is 21.5. The first kappa shape index (κ1) is 26.1. The highest BCUT2D eigenvalue weighted by molar-refractivity contribution is 14.0. The second-order valence-electron chi connectivity index (χ2n) is 7.41. The molecule has 1 heterocycles. The number of methoxy groups -OCH3 is 1. The molecule has 32 heavy (non-hydrogen) atoms. The number of benzene rings is 2. The first-order chi connectivity index (χ1) is 15.1. The summed E-state index contributed by atoms with van der Waals surface area (Å²) in [6.45, 7) is 7.78. The van der Waals surface area contributed by atoms with Crippen molar-refractivity contribution in [3.05, 3.63) is 48.0 Å². The topological polar surface area (TPSA) is 81.3 Å². The van der Waals surface area contributed by atoms with Gasteiger partial charge >= 0.3 is 0 Å². The van der Waals surface area contributed by atoms with Crippen LogP contribution in [0.15, 0.2) is 47.5 Å². The van der Waals surface area contributed by atoms with Crippen molar-refractivity contribution in [1.29, 1.82) is 0 Å². The molecule has 1 aliphatic rings. The van der Waals surface area contributed by atoms with Crippen LogP contribution < -0.4 is 25.3 Å². The summed E-state index contributed by atoms with van der Waals surface area (Å²) < 4.78 is 16.6. The van der Waals surface area contributed by atoms with Gasteiger partial charge in [0.2, 0.25) is 0 Å². The van der Waals surface area contributed by atoms with Crippen molar-refractivity contribution in [2.24, 2.45) is 10.7 Å². The van der Waals surface area contributed by atoms with E-state index in [0.29, 0.717) is 25.7 Å². The Morgan fingerprint density at radius 2 is 1.69 bits per heavy atom. The summed E-state index contributed by atoms with van der Waals surface area (Å²) in [6, 6.07) is 14.1. The smallest absolute Gasteiger partial charge is 0.193 e. The van der Waals surface area contributed by atoms with Crippen LogP contribution in [-0.4, -0.2) is 50.8 Å². The Morgan fingerprint density at radius 3 is 2.31 bits per heavy atom. The fraction of sp³-hybridized carbons (Fsp3) is 0.458. The van der Waals surface area contributed by atoms with Crippen LogP contribution in [0.3, 0.4) is 0 Å². The number of anilines is 1. The number of nitrogens with zero attached hydrogens (tertiary/aromatic N) is 2. The number of hydrogen-bond acceptors (Lipinski definition) is 5. The lowest BCUT2D eigenvalue weighted by molar-refractivity contribution is 0.251. The molecule has 176 valence electrons. The number of likely N-dealkylation sites (tertiary alicyclic amines) is 1. The molecule has 3 rings (SSSR count). The van der Waals surface area contributed by atoms with Gasteiger partial charge in [0.05, 0.1) is 38.6 Å². The van der Waals surface area contributed by atoms with Crippen molar-refractivity contribution in [2.75, 3.05) is 45.3 Å². The van der Waals surface area contributed by atoms with E-state index in [1.54, 1.807) is 7.11 Å². The third-order valence-electron chi connectivity index (χ3n) is 5.34. The van der Waals surface area contributed by atoms with E-state index in [1.165, 1.54) is 18.4 Å². The van der Waals surface area contributed by atoms with Crippen molar-refractivity contribution < 1.29 is 14.2 Å². The number of rotatable bonds is 10. The fourth-order valence-corrected chi connectivity index (χ4v) is 3.82. The van der Waals surface area contributed by atoms with Gasteiger partial charge in [-0.2, -0.15) is 0 Å². The maximum Gasteiger partial charge on any atom is 0.193 e. The van der Waals surface area contributed by atoms with E-state index in [2.05, 4.69) is 27.3 Å². The molecule has 0 spiro atoms. The quantitative estimate of drug-likeness (QED) is 0.252. The van der Waals surface area contributed by atoms with Gasteiger partial charge in [-0.3, -0.25) is 9.89 Å². The molecule has 1 atom stereocenters. The highest BCUT2D eigenvalue weighted by Crippen LogP contribution is 2.30. The van der Waals surface area contributed by atoms with Gasteiger partial charge < -0.3 is 25.3 Å². The SMILES string of the molecule is CCOc1ccc(OCC)c(NC(N)=NCC(c2ccc(OC)cc2)N2CCCC2)c1.I. The largest absolute Gasteiger partial charge is 0.497 e.